The van der Waals surface area contributed by atoms with Gasteiger partial charge in [-0.05, 0) is 43.0 Å². The predicted molar refractivity (Wildman–Crippen MR) is 79.2 cm³/mol. The van der Waals surface area contributed by atoms with E-state index >= 15 is 0 Å². The number of nitrogen functional groups attached to an aromatic ring is 1. The summed E-state index contributed by atoms with van der Waals surface area (Å²) >= 11 is 0. The van der Waals surface area contributed by atoms with Crippen LogP contribution in [0.15, 0.2) is 30.5 Å². The van der Waals surface area contributed by atoms with Crippen LogP contribution in [0.5, 0.6) is 0 Å². The van der Waals surface area contributed by atoms with E-state index in [0.29, 0.717) is 18.7 Å². The summed E-state index contributed by atoms with van der Waals surface area (Å²) in [4.78, 5) is 11.8. The van der Waals surface area contributed by atoms with E-state index < -0.39 is 0 Å². The molecule has 2 rings (SSSR count). The summed E-state index contributed by atoms with van der Waals surface area (Å²) in [6.07, 6.45) is 4.06. The van der Waals surface area contributed by atoms with Crippen LogP contribution >= 0.6 is 0 Å². The number of nitrogens with one attached hydrogen (secondary N) is 2. The third-order valence-electron chi connectivity index (χ3n) is 3.22. The van der Waals surface area contributed by atoms with Crippen LogP contribution in [0.1, 0.15) is 23.2 Å². The van der Waals surface area contributed by atoms with Gasteiger partial charge < -0.3 is 11.1 Å². The first-order chi connectivity index (χ1) is 9.65. The lowest BCUT2D eigenvalue weighted by molar-refractivity contribution is -0.120. The number of carbonyl (C=O) groups is 1. The van der Waals surface area contributed by atoms with Crippen LogP contribution in [0.25, 0.3) is 0 Å². The molecule has 2 aromatic rings. The molecule has 1 aromatic heterocycles. The Hall–Kier alpha value is -2.30. The lowest BCUT2D eigenvalue weighted by Gasteiger charge is -2.05. The molecule has 106 valence electrons. The predicted octanol–water partition coefficient (Wildman–Crippen LogP) is 1.59. The number of H-pyrrole nitrogens is 1. The maximum atomic E-state index is 11.8. The molecular weight excluding hydrogens is 252 g/mol. The molecule has 20 heavy (non-hydrogen) atoms. The van der Waals surface area contributed by atoms with Crippen molar-refractivity contribution in [2.75, 3.05) is 12.3 Å². The van der Waals surface area contributed by atoms with Crippen molar-refractivity contribution in [3.05, 3.63) is 47.3 Å². The van der Waals surface area contributed by atoms with Gasteiger partial charge in [0.1, 0.15) is 0 Å². The van der Waals surface area contributed by atoms with E-state index in [9.17, 15) is 4.79 Å². The fraction of sp³-hybridized carbons (Fsp3) is 0.333. The lowest BCUT2D eigenvalue weighted by Crippen LogP contribution is -2.26. The zero-order chi connectivity index (χ0) is 14.4. The summed E-state index contributed by atoms with van der Waals surface area (Å²) in [5, 5.41) is 9.81. The Kier molecular flexibility index (Phi) is 4.76. The standard InChI is InChI=1S/C15H20N4O/c1-11-13(10-18-19-11)3-2-8-17-15(20)9-12-4-6-14(16)7-5-12/h4-7,10H,2-3,8-9,16H2,1H3,(H,17,20)(H,18,19). The highest BCUT2D eigenvalue weighted by Gasteiger charge is 2.04. The molecule has 0 saturated heterocycles. The summed E-state index contributed by atoms with van der Waals surface area (Å²) < 4.78 is 0. The van der Waals surface area contributed by atoms with Gasteiger partial charge in [-0.25, -0.2) is 0 Å². The number of amides is 1. The number of aromatic nitrogens is 2. The van der Waals surface area contributed by atoms with Gasteiger partial charge in [-0.15, -0.1) is 0 Å². The van der Waals surface area contributed by atoms with E-state index in [0.717, 1.165) is 24.1 Å². The summed E-state index contributed by atoms with van der Waals surface area (Å²) in [6, 6.07) is 7.38. The van der Waals surface area contributed by atoms with Crippen molar-refractivity contribution in [1.29, 1.82) is 0 Å². The van der Waals surface area contributed by atoms with Crippen LogP contribution in [0.4, 0.5) is 5.69 Å². The molecule has 0 fully saturated rings. The van der Waals surface area contributed by atoms with E-state index in [1.165, 1.54) is 5.56 Å². The largest absolute Gasteiger partial charge is 0.399 e. The van der Waals surface area contributed by atoms with Gasteiger partial charge in [0, 0.05) is 17.9 Å². The Morgan fingerprint density at radius 2 is 2.10 bits per heavy atom. The first-order valence-electron chi connectivity index (χ1n) is 6.75. The van der Waals surface area contributed by atoms with Crippen molar-refractivity contribution in [2.45, 2.75) is 26.2 Å². The number of anilines is 1. The Morgan fingerprint density at radius 1 is 1.35 bits per heavy atom. The first kappa shape index (κ1) is 14.1. The maximum absolute atomic E-state index is 11.8. The molecule has 1 heterocycles. The summed E-state index contributed by atoms with van der Waals surface area (Å²) in [5.74, 6) is 0.0405. The summed E-state index contributed by atoms with van der Waals surface area (Å²) in [5.41, 5.74) is 9.59. The lowest BCUT2D eigenvalue weighted by atomic mass is 10.1. The van der Waals surface area contributed by atoms with Crippen molar-refractivity contribution in [1.82, 2.24) is 15.5 Å². The molecule has 0 radical (unpaired) electrons. The molecule has 0 aliphatic rings. The van der Waals surface area contributed by atoms with Gasteiger partial charge in [-0.3, -0.25) is 9.89 Å². The minimum Gasteiger partial charge on any atom is -0.399 e. The highest BCUT2D eigenvalue weighted by atomic mass is 16.1. The number of aromatic amines is 1. The van der Waals surface area contributed by atoms with Crippen molar-refractivity contribution in [3.8, 4) is 0 Å². The van der Waals surface area contributed by atoms with Gasteiger partial charge in [0.15, 0.2) is 0 Å². The normalized spacial score (nSPS) is 10.4. The number of nitrogens with two attached hydrogens (primary N) is 1. The van der Waals surface area contributed by atoms with E-state index in [1.54, 1.807) is 0 Å². The average Bonchev–Trinajstić information content (AvgIpc) is 2.83. The van der Waals surface area contributed by atoms with Crippen molar-refractivity contribution in [2.24, 2.45) is 0 Å². The number of hydrogen-bond donors (Lipinski definition) is 3. The summed E-state index contributed by atoms with van der Waals surface area (Å²) in [7, 11) is 0. The minimum absolute atomic E-state index is 0.0405. The molecule has 0 spiro atoms. The van der Waals surface area contributed by atoms with Gasteiger partial charge in [-0.1, -0.05) is 12.1 Å². The van der Waals surface area contributed by atoms with Crippen molar-refractivity contribution in [3.63, 3.8) is 0 Å². The maximum Gasteiger partial charge on any atom is 0.224 e. The topological polar surface area (TPSA) is 83.8 Å². The average molecular weight is 272 g/mol. The fourth-order valence-electron chi connectivity index (χ4n) is 2.02. The van der Waals surface area contributed by atoms with Gasteiger partial charge in [-0.2, -0.15) is 5.10 Å². The fourth-order valence-corrected chi connectivity index (χ4v) is 2.02. The molecule has 1 aromatic carbocycles. The SMILES string of the molecule is Cc1[nH]ncc1CCCNC(=O)Cc1ccc(N)cc1. The third-order valence-corrected chi connectivity index (χ3v) is 3.22. The van der Waals surface area contributed by atoms with E-state index in [4.69, 9.17) is 5.73 Å². The van der Waals surface area contributed by atoms with Crippen molar-refractivity contribution < 1.29 is 4.79 Å². The second-order valence-electron chi connectivity index (χ2n) is 4.89. The molecule has 0 saturated carbocycles. The Balaban J connectivity index is 1.68. The molecular formula is C15H20N4O. The molecule has 0 aliphatic carbocycles. The second-order valence-corrected chi connectivity index (χ2v) is 4.89. The second kappa shape index (κ2) is 6.75. The number of benzene rings is 1. The number of carbonyl (C=O) groups excluding carboxylic acids is 1. The van der Waals surface area contributed by atoms with E-state index in [-0.39, 0.29) is 5.91 Å². The first-order valence-corrected chi connectivity index (χ1v) is 6.75. The van der Waals surface area contributed by atoms with Gasteiger partial charge in [0.25, 0.3) is 0 Å². The molecule has 4 N–H and O–H groups in total. The Bertz CT molecular complexity index is 560. The highest BCUT2D eigenvalue weighted by molar-refractivity contribution is 5.78. The molecule has 0 unspecified atom stereocenters. The molecule has 5 heteroatoms. The van der Waals surface area contributed by atoms with Gasteiger partial charge in [0.2, 0.25) is 5.91 Å². The molecule has 0 atom stereocenters. The monoisotopic (exact) mass is 272 g/mol. The van der Waals surface area contributed by atoms with E-state index in [2.05, 4.69) is 15.5 Å². The van der Waals surface area contributed by atoms with Crippen LogP contribution in [-0.2, 0) is 17.6 Å². The Labute approximate surface area is 118 Å². The quantitative estimate of drug-likeness (QED) is 0.551. The number of nitrogens with zero attached hydrogens (tertiary/aromatic N) is 1. The van der Waals surface area contributed by atoms with Crippen LogP contribution in [0.2, 0.25) is 0 Å². The molecule has 0 bridgehead atoms. The van der Waals surface area contributed by atoms with Gasteiger partial charge in [0.05, 0.1) is 12.6 Å². The number of aryl methyl sites for hydroxylation is 2. The zero-order valence-electron chi connectivity index (χ0n) is 11.6. The summed E-state index contributed by atoms with van der Waals surface area (Å²) in [6.45, 7) is 2.68. The van der Waals surface area contributed by atoms with Crippen molar-refractivity contribution >= 4 is 11.6 Å². The third kappa shape index (κ3) is 4.12. The molecule has 0 aliphatic heterocycles. The number of rotatable bonds is 6. The van der Waals surface area contributed by atoms with Crippen LogP contribution in [0.3, 0.4) is 0 Å². The Morgan fingerprint density at radius 3 is 2.75 bits per heavy atom. The van der Waals surface area contributed by atoms with Crippen LogP contribution in [-0.4, -0.2) is 22.6 Å². The minimum atomic E-state index is 0.0405. The zero-order valence-corrected chi connectivity index (χ0v) is 11.6. The van der Waals surface area contributed by atoms with Crippen LogP contribution < -0.4 is 11.1 Å². The van der Waals surface area contributed by atoms with Gasteiger partial charge >= 0.3 is 0 Å². The van der Waals surface area contributed by atoms with Crippen LogP contribution in [0, 0.1) is 6.92 Å². The molecule has 1 amide bonds. The van der Waals surface area contributed by atoms with E-state index in [1.807, 2.05) is 37.4 Å². The number of hydrogen-bond acceptors (Lipinski definition) is 3. The highest BCUT2D eigenvalue weighted by Crippen LogP contribution is 2.07. The molecule has 5 nitrogen and oxygen atoms in total. The smallest absolute Gasteiger partial charge is 0.224 e.